The van der Waals surface area contributed by atoms with Crippen molar-refractivity contribution in [2.75, 3.05) is 13.2 Å². The molecule has 1 aliphatic rings. The lowest BCUT2D eigenvalue weighted by molar-refractivity contribution is 0.0569. The van der Waals surface area contributed by atoms with E-state index >= 15 is 0 Å². The summed E-state index contributed by atoms with van der Waals surface area (Å²) in [7, 11) is 0. The Morgan fingerprint density at radius 3 is 2.95 bits per heavy atom. The van der Waals surface area contributed by atoms with Crippen LogP contribution in [0.2, 0.25) is 5.02 Å². The summed E-state index contributed by atoms with van der Waals surface area (Å²) in [6, 6.07) is 9.27. The van der Waals surface area contributed by atoms with Crippen molar-refractivity contribution in [3.8, 4) is 0 Å². The molecule has 1 atom stereocenters. The third-order valence-electron chi connectivity index (χ3n) is 4.22. The highest BCUT2D eigenvalue weighted by molar-refractivity contribution is 6.31. The quantitative estimate of drug-likeness (QED) is 0.945. The van der Waals surface area contributed by atoms with Crippen molar-refractivity contribution >= 4 is 28.4 Å². The third kappa shape index (κ3) is 3.08. The number of hydrogen-bond donors (Lipinski definition) is 1. The molecule has 22 heavy (non-hydrogen) atoms. The molecule has 2 aromatic rings. The number of aliphatic hydroxyl groups excluding tert-OH is 1. The first-order chi connectivity index (χ1) is 10.7. The summed E-state index contributed by atoms with van der Waals surface area (Å²) >= 11 is 6.00. The van der Waals surface area contributed by atoms with Crippen molar-refractivity contribution in [1.82, 2.24) is 9.88 Å². The molecule has 0 saturated carbocycles. The van der Waals surface area contributed by atoms with Gasteiger partial charge in [-0.1, -0.05) is 23.7 Å². The van der Waals surface area contributed by atoms with Crippen LogP contribution in [0, 0.1) is 0 Å². The van der Waals surface area contributed by atoms with Crippen molar-refractivity contribution in [2.45, 2.75) is 31.7 Å². The standard InChI is InChI=1S/C17H19ClN2O2/c18-13-6-4-12-5-7-15(19-16(12)11-13)17(22)20-9-2-1-3-14(20)8-10-21/h4-7,11,14,21H,1-3,8-10H2. The Bertz CT molecular complexity index is 687. The summed E-state index contributed by atoms with van der Waals surface area (Å²) in [6.07, 6.45) is 3.69. The van der Waals surface area contributed by atoms with Crippen LogP contribution in [0.1, 0.15) is 36.2 Å². The van der Waals surface area contributed by atoms with Gasteiger partial charge in [0.15, 0.2) is 0 Å². The van der Waals surface area contributed by atoms with E-state index in [0.29, 0.717) is 17.1 Å². The van der Waals surface area contributed by atoms with Gasteiger partial charge in [-0.2, -0.15) is 0 Å². The number of nitrogens with zero attached hydrogens (tertiary/aromatic N) is 2. The molecule has 0 aliphatic carbocycles. The van der Waals surface area contributed by atoms with Gasteiger partial charge in [-0.3, -0.25) is 4.79 Å². The molecular weight excluding hydrogens is 300 g/mol. The molecule has 1 saturated heterocycles. The van der Waals surface area contributed by atoms with Crippen molar-refractivity contribution in [2.24, 2.45) is 0 Å². The molecule has 1 fully saturated rings. The number of rotatable bonds is 3. The zero-order chi connectivity index (χ0) is 15.5. The highest BCUT2D eigenvalue weighted by Crippen LogP contribution is 2.23. The van der Waals surface area contributed by atoms with E-state index in [1.54, 1.807) is 12.1 Å². The first-order valence-electron chi connectivity index (χ1n) is 7.67. The van der Waals surface area contributed by atoms with E-state index < -0.39 is 0 Å². The molecule has 0 radical (unpaired) electrons. The number of pyridine rings is 1. The summed E-state index contributed by atoms with van der Waals surface area (Å²) in [5, 5.41) is 10.8. The summed E-state index contributed by atoms with van der Waals surface area (Å²) in [6.45, 7) is 0.841. The lowest BCUT2D eigenvalue weighted by Gasteiger charge is -2.35. The molecular formula is C17H19ClN2O2. The Morgan fingerprint density at radius 1 is 1.32 bits per heavy atom. The highest BCUT2D eigenvalue weighted by atomic mass is 35.5. The van der Waals surface area contributed by atoms with Crippen molar-refractivity contribution in [1.29, 1.82) is 0 Å². The maximum absolute atomic E-state index is 12.8. The minimum absolute atomic E-state index is 0.0555. The number of hydrogen-bond acceptors (Lipinski definition) is 3. The molecule has 3 rings (SSSR count). The van der Waals surface area contributed by atoms with Crippen LogP contribution < -0.4 is 0 Å². The van der Waals surface area contributed by atoms with E-state index in [-0.39, 0.29) is 18.6 Å². The first-order valence-corrected chi connectivity index (χ1v) is 8.05. The summed E-state index contributed by atoms with van der Waals surface area (Å²) in [4.78, 5) is 19.1. The summed E-state index contributed by atoms with van der Waals surface area (Å²) < 4.78 is 0. The topological polar surface area (TPSA) is 53.4 Å². The molecule has 1 N–H and O–H groups in total. The first kappa shape index (κ1) is 15.3. The van der Waals surface area contributed by atoms with Crippen LogP contribution in [0.15, 0.2) is 30.3 Å². The van der Waals surface area contributed by atoms with Crippen LogP contribution in [-0.4, -0.2) is 40.1 Å². The number of benzene rings is 1. The number of piperidine rings is 1. The van der Waals surface area contributed by atoms with Crippen LogP contribution in [0.4, 0.5) is 0 Å². The number of amides is 1. The van der Waals surface area contributed by atoms with Crippen molar-refractivity contribution in [3.05, 3.63) is 41.0 Å². The Morgan fingerprint density at radius 2 is 2.14 bits per heavy atom. The molecule has 116 valence electrons. The number of likely N-dealkylation sites (tertiary alicyclic amines) is 1. The molecule has 0 bridgehead atoms. The zero-order valence-corrected chi connectivity index (χ0v) is 13.1. The average Bonchev–Trinajstić information content (AvgIpc) is 2.54. The van der Waals surface area contributed by atoms with Crippen molar-refractivity contribution < 1.29 is 9.90 Å². The number of carbonyl (C=O) groups is 1. The number of carbonyl (C=O) groups excluding carboxylic acids is 1. The predicted molar refractivity (Wildman–Crippen MR) is 87.1 cm³/mol. The third-order valence-corrected chi connectivity index (χ3v) is 4.46. The molecule has 1 amide bonds. The molecule has 1 unspecified atom stereocenters. The average molecular weight is 319 g/mol. The minimum Gasteiger partial charge on any atom is -0.396 e. The lowest BCUT2D eigenvalue weighted by Crippen LogP contribution is -2.44. The van der Waals surface area contributed by atoms with Gasteiger partial charge >= 0.3 is 0 Å². The van der Waals surface area contributed by atoms with E-state index in [1.165, 1.54) is 0 Å². The van der Waals surface area contributed by atoms with Crippen LogP contribution >= 0.6 is 11.6 Å². The van der Waals surface area contributed by atoms with E-state index in [4.69, 9.17) is 11.6 Å². The fraction of sp³-hybridized carbons (Fsp3) is 0.412. The second-order valence-corrected chi connectivity index (χ2v) is 6.13. The van der Waals surface area contributed by atoms with E-state index in [9.17, 15) is 9.90 Å². The van der Waals surface area contributed by atoms with Crippen LogP contribution in [-0.2, 0) is 0 Å². The van der Waals surface area contributed by atoms with Gasteiger partial charge in [-0.05, 0) is 43.9 Å². The predicted octanol–water partition coefficient (Wildman–Crippen LogP) is 3.27. The van der Waals surface area contributed by atoms with E-state index in [0.717, 1.165) is 36.7 Å². The molecule has 1 aromatic heterocycles. The second kappa shape index (κ2) is 6.63. The summed E-state index contributed by atoms with van der Waals surface area (Å²) in [5.41, 5.74) is 1.17. The van der Waals surface area contributed by atoms with Gasteiger partial charge in [0.1, 0.15) is 5.69 Å². The second-order valence-electron chi connectivity index (χ2n) is 5.69. The molecule has 0 spiro atoms. The van der Waals surface area contributed by atoms with Crippen LogP contribution in [0.25, 0.3) is 10.9 Å². The maximum Gasteiger partial charge on any atom is 0.272 e. The van der Waals surface area contributed by atoms with Gasteiger partial charge in [0, 0.05) is 29.6 Å². The van der Waals surface area contributed by atoms with Gasteiger partial charge in [0.2, 0.25) is 0 Å². The van der Waals surface area contributed by atoms with E-state index in [2.05, 4.69) is 4.98 Å². The zero-order valence-electron chi connectivity index (χ0n) is 12.3. The van der Waals surface area contributed by atoms with Gasteiger partial charge in [-0.15, -0.1) is 0 Å². The summed E-state index contributed by atoms with van der Waals surface area (Å²) in [5.74, 6) is -0.0555. The monoisotopic (exact) mass is 318 g/mol. The fourth-order valence-electron chi connectivity index (χ4n) is 3.07. The number of aliphatic hydroxyl groups is 1. The molecule has 5 heteroatoms. The Hall–Kier alpha value is -1.65. The van der Waals surface area contributed by atoms with Crippen LogP contribution in [0.3, 0.4) is 0 Å². The molecule has 2 heterocycles. The van der Waals surface area contributed by atoms with Gasteiger partial charge in [-0.25, -0.2) is 4.98 Å². The molecule has 1 aliphatic heterocycles. The Kier molecular flexibility index (Phi) is 4.60. The Labute approximate surface area is 134 Å². The molecule has 1 aromatic carbocycles. The lowest BCUT2D eigenvalue weighted by atomic mass is 9.99. The van der Waals surface area contributed by atoms with Gasteiger partial charge in [0.25, 0.3) is 5.91 Å². The van der Waals surface area contributed by atoms with E-state index in [1.807, 2.05) is 23.1 Å². The largest absolute Gasteiger partial charge is 0.396 e. The van der Waals surface area contributed by atoms with Gasteiger partial charge in [0.05, 0.1) is 5.52 Å². The van der Waals surface area contributed by atoms with Crippen LogP contribution in [0.5, 0.6) is 0 Å². The van der Waals surface area contributed by atoms with Gasteiger partial charge < -0.3 is 10.0 Å². The SMILES string of the molecule is O=C(c1ccc2ccc(Cl)cc2n1)N1CCCCC1CCO. The number of fused-ring (bicyclic) bond motifs is 1. The smallest absolute Gasteiger partial charge is 0.272 e. The highest BCUT2D eigenvalue weighted by Gasteiger charge is 2.27. The number of aromatic nitrogens is 1. The normalized spacial score (nSPS) is 18.6. The minimum atomic E-state index is -0.0555. The Balaban J connectivity index is 1.90. The maximum atomic E-state index is 12.8. The fourth-order valence-corrected chi connectivity index (χ4v) is 3.24. The van der Waals surface area contributed by atoms with Crippen molar-refractivity contribution in [3.63, 3.8) is 0 Å². The number of halogens is 1. The molecule has 4 nitrogen and oxygen atoms in total.